The minimum atomic E-state index is -0.452. The number of ether oxygens (including phenoxy) is 1. The third kappa shape index (κ3) is 6.02. The van der Waals surface area contributed by atoms with Gasteiger partial charge < -0.3 is 24.4 Å². The molecule has 1 fully saturated rings. The molecule has 0 bridgehead atoms. The molecule has 2 aromatic heterocycles. The summed E-state index contributed by atoms with van der Waals surface area (Å²) < 4.78 is 24.3. The number of aryl methyl sites for hydroxylation is 1. The highest BCUT2D eigenvalue weighted by molar-refractivity contribution is 6.05. The number of benzene rings is 4. The lowest BCUT2D eigenvalue weighted by Gasteiger charge is -2.37. The van der Waals surface area contributed by atoms with Gasteiger partial charge in [0.15, 0.2) is 5.82 Å². The third-order valence-electron chi connectivity index (χ3n) is 11.8. The largest absolute Gasteiger partial charge is 0.496 e. The summed E-state index contributed by atoms with van der Waals surface area (Å²) in [6.07, 6.45) is 6.18. The van der Waals surface area contributed by atoms with Crippen molar-refractivity contribution in [1.29, 1.82) is 0 Å². The normalized spacial score (nSPS) is 16.1. The number of para-hydroxylation sites is 1. The van der Waals surface area contributed by atoms with Crippen LogP contribution in [0.5, 0.6) is 5.75 Å². The second-order valence-corrected chi connectivity index (χ2v) is 15.4. The maximum Gasteiger partial charge on any atom is 0.270 e. The van der Waals surface area contributed by atoms with Crippen LogP contribution in [-0.4, -0.2) is 88.0 Å². The first-order valence-corrected chi connectivity index (χ1v) is 19.3. The summed E-state index contributed by atoms with van der Waals surface area (Å²) in [7, 11) is 1.61. The molecule has 6 aromatic rings. The molecule has 4 aromatic carbocycles. The predicted octanol–water partition coefficient (Wildman–Crippen LogP) is 7.55. The summed E-state index contributed by atoms with van der Waals surface area (Å²) in [6, 6.07) is 26.5. The van der Waals surface area contributed by atoms with Crippen LogP contribution in [0.3, 0.4) is 0 Å². The number of hydrogen-bond donors (Lipinski definition) is 1. The monoisotopic (exact) mass is 749 g/mol. The molecule has 56 heavy (non-hydrogen) atoms. The van der Waals surface area contributed by atoms with E-state index in [2.05, 4.69) is 76.5 Å². The number of anilines is 1. The molecule has 11 heteroatoms. The van der Waals surface area contributed by atoms with Crippen LogP contribution in [-0.2, 0) is 16.8 Å². The molecule has 0 radical (unpaired) electrons. The summed E-state index contributed by atoms with van der Waals surface area (Å²) in [6.45, 7) is 8.24. The molecule has 3 aliphatic rings. The van der Waals surface area contributed by atoms with Crippen molar-refractivity contribution >= 4 is 34.0 Å². The number of carbonyl (C=O) groups is 2. The molecule has 0 spiro atoms. The minimum absolute atomic E-state index is 0.0318. The number of fused-ring (bicyclic) bond motifs is 4. The number of carbonyl (C=O) groups excluding carboxylic acids is 2. The van der Waals surface area contributed by atoms with Crippen molar-refractivity contribution in [3.05, 3.63) is 126 Å². The quantitative estimate of drug-likeness (QED) is 0.173. The molecule has 1 aliphatic carbocycles. The Kier molecular flexibility index (Phi) is 8.95. The second-order valence-electron chi connectivity index (χ2n) is 15.4. The van der Waals surface area contributed by atoms with E-state index in [4.69, 9.17) is 4.74 Å². The van der Waals surface area contributed by atoms with Crippen LogP contribution < -0.4 is 9.64 Å². The molecule has 284 valence electrons. The Bertz CT molecular complexity index is 2510. The topological polar surface area (TPSA) is 99.6 Å². The van der Waals surface area contributed by atoms with E-state index in [0.29, 0.717) is 68.1 Å². The van der Waals surface area contributed by atoms with Gasteiger partial charge in [0.25, 0.3) is 5.91 Å². The lowest BCUT2D eigenvalue weighted by Crippen LogP contribution is -2.49. The van der Waals surface area contributed by atoms with E-state index in [1.807, 2.05) is 41.3 Å². The average molecular weight is 750 g/mol. The van der Waals surface area contributed by atoms with Gasteiger partial charge in [-0.05, 0) is 58.5 Å². The first-order chi connectivity index (χ1) is 27.2. The SMILES string of the molecule is COc1ccccc1-c1cc(C2=CCCN(C(=O)CCn3ccnn3)C2)c(F)c2[nH]c(C(=O)N3CCN(c4cccc5c4-c4ccccc4C5(C)C)CC3)cc12. The summed E-state index contributed by atoms with van der Waals surface area (Å²) in [5.41, 5.74) is 9.55. The van der Waals surface area contributed by atoms with E-state index >= 15 is 4.39 Å². The fourth-order valence-electron chi connectivity index (χ4n) is 8.89. The van der Waals surface area contributed by atoms with E-state index in [1.165, 1.54) is 27.9 Å². The number of rotatable bonds is 8. The summed E-state index contributed by atoms with van der Waals surface area (Å²) in [5.74, 6) is -0.0152. The Morgan fingerprint density at radius 3 is 2.41 bits per heavy atom. The van der Waals surface area contributed by atoms with Crippen molar-refractivity contribution in [2.75, 3.05) is 51.3 Å². The van der Waals surface area contributed by atoms with Crippen molar-refractivity contribution in [2.24, 2.45) is 0 Å². The summed E-state index contributed by atoms with van der Waals surface area (Å²) in [4.78, 5) is 36.7. The number of halogens is 1. The number of nitrogens with zero attached hydrogens (tertiary/aromatic N) is 6. The number of H-pyrrole nitrogens is 1. The number of piperazine rings is 1. The standard InChI is InChI=1S/C45H44FN7O3/c1-45(2)35-13-6-4-12-31(35)41-36(45)14-8-15-38(41)50-22-24-51(25-23-50)44(55)37-27-34-33(30-11-5-7-16-39(30)56-3)26-32(42(46)43(34)48-37)29-10-9-19-52(28-29)40(54)17-20-53-21-18-47-49-53/h4-8,10-16,18,21,26-27,48H,9,17,19-20,22-25,28H2,1-3H3. The number of amides is 2. The fourth-order valence-corrected chi connectivity index (χ4v) is 8.89. The Morgan fingerprint density at radius 2 is 1.62 bits per heavy atom. The number of methoxy groups -OCH3 is 1. The van der Waals surface area contributed by atoms with Gasteiger partial charge in [0.2, 0.25) is 5.91 Å². The van der Waals surface area contributed by atoms with Gasteiger partial charge in [0.05, 0.1) is 25.4 Å². The molecular formula is C45H44FN7O3. The molecule has 0 unspecified atom stereocenters. The summed E-state index contributed by atoms with van der Waals surface area (Å²) >= 11 is 0. The molecule has 2 aliphatic heterocycles. The minimum Gasteiger partial charge on any atom is -0.496 e. The highest BCUT2D eigenvalue weighted by atomic mass is 19.1. The highest BCUT2D eigenvalue weighted by Crippen LogP contribution is 2.52. The smallest absolute Gasteiger partial charge is 0.270 e. The molecule has 4 heterocycles. The van der Waals surface area contributed by atoms with Crippen LogP contribution in [0.25, 0.3) is 38.7 Å². The molecule has 2 amide bonds. The van der Waals surface area contributed by atoms with Gasteiger partial charge in [-0.1, -0.05) is 79.7 Å². The Hall–Kier alpha value is -6.23. The molecule has 9 rings (SSSR count). The van der Waals surface area contributed by atoms with Crippen LogP contribution >= 0.6 is 0 Å². The van der Waals surface area contributed by atoms with Crippen molar-refractivity contribution in [3.8, 4) is 28.0 Å². The maximum absolute atomic E-state index is 16.9. The van der Waals surface area contributed by atoms with Gasteiger partial charge in [0.1, 0.15) is 11.4 Å². The number of aromatic nitrogens is 4. The van der Waals surface area contributed by atoms with Gasteiger partial charge in [-0.3, -0.25) is 14.3 Å². The Morgan fingerprint density at radius 1 is 0.857 bits per heavy atom. The van der Waals surface area contributed by atoms with Crippen LogP contribution in [0.2, 0.25) is 0 Å². The van der Waals surface area contributed by atoms with E-state index in [-0.39, 0.29) is 35.7 Å². The zero-order valence-corrected chi connectivity index (χ0v) is 31.9. The van der Waals surface area contributed by atoms with Crippen molar-refractivity contribution in [1.82, 2.24) is 29.8 Å². The molecule has 1 N–H and O–H groups in total. The van der Waals surface area contributed by atoms with Gasteiger partial charge in [0, 0.05) is 85.1 Å². The lowest BCUT2D eigenvalue weighted by molar-refractivity contribution is -0.131. The molecule has 1 saturated heterocycles. The lowest BCUT2D eigenvalue weighted by atomic mass is 9.82. The first kappa shape index (κ1) is 35.5. The molecule has 0 atom stereocenters. The fraction of sp³-hybridized carbons (Fsp3) is 0.289. The number of nitrogens with one attached hydrogen (secondary N) is 1. The van der Waals surface area contributed by atoms with Crippen LogP contribution in [0, 0.1) is 5.82 Å². The molecule has 10 nitrogen and oxygen atoms in total. The molecule has 0 saturated carbocycles. The van der Waals surface area contributed by atoms with Gasteiger partial charge in [-0.2, -0.15) is 0 Å². The van der Waals surface area contributed by atoms with E-state index < -0.39 is 5.82 Å². The van der Waals surface area contributed by atoms with Crippen molar-refractivity contribution in [3.63, 3.8) is 0 Å². The molecular weight excluding hydrogens is 706 g/mol. The van der Waals surface area contributed by atoms with Gasteiger partial charge >= 0.3 is 0 Å². The number of aromatic amines is 1. The van der Waals surface area contributed by atoms with Crippen LogP contribution in [0.4, 0.5) is 10.1 Å². The van der Waals surface area contributed by atoms with E-state index in [1.54, 1.807) is 35.2 Å². The van der Waals surface area contributed by atoms with Gasteiger partial charge in [-0.15, -0.1) is 5.10 Å². The zero-order chi connectivity index (χ0) is 38.6. The van der Waals surface area contributed by atoms with E-state index in [0.717, 1.165) is 16.7 Å². The predicted molar refractivity (Wildman–Crippen MR) is 216 cm³/mol. The second kappa shape index (κ2) is 14.1. The van der Waals surface area contributed by atoms with Crippen molar-refractivity contribution in [2.45, 2.75) is 38.6 Å². The van der Waals surface area contributed by atoms with Gasteiger partial charge in [-0.25, -0.2) is 4.39 Å². The third-order valence-corrected chi connectivity index (χ3v) is 11.8. The van der Waals surface area contributed by atoms with E-state index in [9.17, 15) is 9.59 Å². The first-order valence-electron chi connectivity index (χ1n) is 19.3. The Balaban J connectivity index is 1.00. The Labute approximate surface area is 325 Å². The number of hydrogen-bond acceptors (Lipinski definition) is 6. The zero-order valence-electron chi connectivity index (χ0n) is 31.9. The average Bonchev–Trinajstić information content (AvgIpc) is 3.98. The summed E-state index contributed by atoms with van der Waals surface area (Å²) in [5, 5.41) is 8.38. The van der Waals surface area contributed by atoms with Crippen LogP contribution in [0.1, 0.15) is 53.9 Å². The van der Waals surface area contributed by atoms with Crippen molar-refractivity contribution < 1.29 is 18.7 Å². The maximum atomic E-state index is 16.9. The van der Waals surface area contributed by atoms with Crippen LogP contribution in [0.15, 0.2) is 97.3 Å². The highest BCUT2D eigenvalue weighted by Gasteiger charge is 2.38.